The molecular weight excluding hydrogens is 320 g/mol. The molecule has 5 nitrogen and oxygen atoms in total. The second-order valence-corrected chi connectivity index (χ2v) is 8.50. The van der Waals surface area contributed by atoms with Gasteiger partial charge >= 0.3 is 8.80 Å². The van der Waals surface area contributed by atoms with Gasteiger partial charge in [0.1, 0.15) is 0 Å². The summed E-state index contributed by atoms with van der Waals surface area (Å²) in [6, 6.07) is 11.2. The first-order chi connectivity index (χ1) is 11.7. The fourth-order valence-electron chi connectivity index (χ4n) is 2.61. The molecule has 1 aromatic carbocycles. The van der Waals surface area contributed by atoms with E-state index in [4.69, 9.17) is 19.0 Å². The van der Waals surface area contributed by atoms with Gasteiger partial charge in [-0.15, -0.1) is 0 Å². The van der Waals surface area contributed by atoms with Crippen LogP contribution in [0.4, 0.5) is 0 Å². The van der Waals surface area contributed by atoms with E-state index < -0.39 is 8.80 Å². The molecule has 1 rings (SSSR count). The zero-order valence-electron chi connectivity index (χ0n) is 15.4. The lowest BCUT2D eigenvalue weighted by atomic mass is 10.2. The van der Waals surface area contributed by atoms with Gasteiger partial charge in [0.25, 0.3) is 0 Å². The molecule has 1 aromatic rings. The highest BCUT2D eigenvalue weighted by atomic mass is 28.4. The molecule has 0 radical (unpaired) electrons. The minimum absolute atomic E-state index is 0.0667. The average Bonchev–Trinajstić information content (AvgIpc) is 2.56. The molecule has 0 aliphatic heterocycles. The Morgan fingerprint density at radius 2 is 1.79 bits per heavy atom. The summed E-state index contributed by atoms with van der Waals surface area (Å²) in [6.07, 6.45) is 1.85. The van der Waals surface area contributed by atoms with Crippen molar-refractivity contribution >= 4 is 8.80 Å². The number of benzene rings is 1. The van der Waals surface area contributed by atoms with E-state index in [1.165, 1.54) is 5.56 Å². The van der Waals surface area contributed by atoms with Gasteiger partial charge in [-0.25, -0.2) is 0 Å². The molecule has 1 atom stereocenters. The Morgan fingerprint density at radius 1 is 1.12 bits per heavy atom. The maximum absolute atomic E-state index is 6.21. The summed E-state index contributed by atoms with van der Waals surface area (Å²) in [6.45, 7) is 9.65. The summed E-state index contributed by atoms with van der Waals surface area (Å²) in [5.74, 6) is 0. The largest absolute Gasteiger partial charge is 0.501 e. The topological polar surface area (TPSA) is 65.7 Å². The molecule has 0 fully saturated rings. The average molecular weight is 355 g/mol. The van der Waals surface area contributed by atoms with Gasteiger partial charge in [0.15, 0.2) is 0 Å². The smallest absolute Gasteiger partial charge is 0.374 e. The molecule has 0 aliphatic rings. The van der Waals surface area contributed by atoms with Crippen LogP contribution in [0.15, 0.2) is 30.3 Å². The molecule has 24 heavy (non-hydrogen) atoms. The van der Waals surface area contributed by atoms with Gasteiger partial charge in [-0.2, -0.15) is 0 Å². The van der Waals surface area contributed by atoms with Crippen LogP contribution in [-0.4, -0.2) is 41.2 Å². The number of nitrogens with one attached hydrogen (secondary N) is 1. The summed E-state index contributed by atoms with van der Waals surface area (Å²) in [5.41, 5.74) is 6.93. The summed E-state index contributed by atoms with van der Waals surface area (Å²) >= 11 is 0. The Kier molecular flexibility index (Phi) is 11.2. The van der Waals surface area contributed by atoms with Crippen LogP contribution in [-0.2, 0) is 19.8 Å². The van der Waals surface area contributed by atoms with E-state index in [-0.39, 0.29) is 6.10 Å². The number of nitrogens with two attached hydrogens (primary N) is 1. The third-order valence-electron chi connectivity index (χ3n) is 3.69. The Bertz CT molecular complexity index is 414. The number of hydrogen-bond donors (Lipinski definition) is 2. The van der Waals surface area contributed by atoms with E-state index in [2.05, 4.69) is 29.6 Å². The van der Waals surface area contributed by atoms with Crippen molar-refractivity contribution in [2.45, 2.75) is 52.3 Å². The van der Waals surface area contributed by atoms with Crippen molar-refractivity contribution in [3.63, 3.8) is 0 Å². The first kappa shape index (κ1) is 21.3. The van der Waals surface area contributed by atoms with Gasteiger partial charge in [0.2, 0.25) is 0 Å². The monoisotopic (exact) mass is 354 g/mol. The van der Waals surface area contributed by atoms with Gasteiger partial charge in [0, 0.05) is 31.9 Å². The van der Waals surface area contributed by atoms with E-state index in [0.29, 0.717) is 19.8 Å². The van der Waals surface area contributed by atoms with Crippen LogP contribution in [0.1, 0.15) is 39.2 Å². The molecule has 0 bridgehead atoms. The first-order valence-electron chi connectivity index (χ1n) is 9.06. The minimum atomic E-state index is -2.62. The van der Waals surface area contributed by atoms with Gasteiger partial charge < -0.3 is 24.3 Å². The molecule has 0 aliphatic carbocycles. The molecule has 0 heterocycles. The van der Waals surface area contributed by atoms with Crippen LogP contribution < -0.4 is 11.1 Å². The maximum Gasteiger partial charge on any atom is 0.501 e. The summed E-state index contributed by atoms with van der Waals surface area (Å²) < 4.78 is 18.2. The lowest BCUT2D eigenvalue weighted by Crippen LogP contribution is -2.48. The van der Waals surface area contributed by atoms with Crippen LogP contribution >= 0.6 is 0 Å². The lowest BCUT2D eigenvalue weighted by Gasteiger charge is -2.31. The predicted octanol–water partition coefficient (Wildman–Crippen LogP) is 2.93. The van der Waals surface area contributed by atoms with Crippen LogP contribution in [0.5, 0.6) is 0 Å². The fourth-order valence-corrected chi connectivity index (χ4v) is 5.46. The minimum Gasteiger partial charge on any atom is -0.374 e. The zero-order valence-corrected chi connectivity index (χ0v) is 16.4. The predicted molar refractivity (Wildman–Crippen MR) is 101 cm³/mol. The zero-order chi connectivity index (χ0) is 17.7. The third kappa shape index (κ3) is 8.37. The van der Waals surface area contributed by atoms with Crippen molar-refractivity contribution in [2.75, 3.05) is 26.3 Å². The molecule has 138 valence electrons. The normalized spacial score (nSPS) is 13.2. The SMILES string of the molecule is CCO[Si](CCCNCc1ccccc1)(OCC)OC(C)CCN. The van der Waals surface area contributed by atoms with Crippen molar-refractivity contribution in [2.24, 2.45) is 5.73 Å². The molecule has 3 N–H and O–H groups in total. The van der Waals surface area contributed by atoms with Crippen LogP contribution in [0.3, 0.4) is 0 Å². The van der Waals surface area contributed by atoms with E-state index in [9.17, 15) is 0 Å². The Labute approximate surface area is 148 Å². The van der Waals surface area contributed by atoms with Crippen molar-refractivity contribution < 1.29 is 13.3 Å². The Hall–Kier alpha value is -0.763. The van der Waals surface area contributed by atoms with Crippen molar-refractivity contribution in [3.05, 3.63) is 35.9 Å². The standard InChI is InChI=1S/C18H34N2O3Si/c1-4-21-24(22-5-2,23-17(3)12-13-19)15-9-14-20-16-18-10-7-6-8-11-18/h6-8,10-11,17,20H,4-5,9,12-16,19H2,1-3H3. The highest BCUT2D eigenvalue weighted by molar-refractivity contribution is 6.60. The number of hydrogen-bond acceptors (Lipinski definition) is 5. The molecule has 0 aromatic heterocycles. The van der Waals surface area contributed by atoms with Gasteiger partial charge in [-0.1, -0.05) is 30.3 Å². The van der Waals surface area contributed by atoms with Gasteiger partial charge in [0.05, 0.1) is 0 Å². The van der Waals surface area contributed by atoms with Crippen LogP contribution in [0.2, 0.25) is 6.04 Å². The highest BCUT2D eigenvalue weighted by Gasteiger charge is 2.41. The molecule has 0 amide bonds. The summed E-state index contributed by atoms with van der Waals surface area (Å²) in [5, 5.41) is 3.47. The van der Waals surface area contributed by atoms with Gasteiger partial charge in [-0.3, -0.25) is 0 Å². The quantitative estimate of drug-likeness (QED) is 0.397. The molecule has 0 spiro atoms. The van der Waals surface area contributed by atoms with Crippen molar-refractivity contribution in [1.29, 1.82) is 0 Å². The molecule has 1 unspecified atom stereocenters. The second-order valence-electron chi connectivity index (χ2n) is 5.82. The second kappa shape index (κ2) is 12.6. The summed E-state index contributed by atoms with van der Waals surface area (Å²) in [4.78, 5) is 0. The fraction of sp³-hybridized carbons (Fsp3) is 0.667. The van der Waals surface area contributed by atoms with Crippen LogP contribution in [0.25, 0.3) is 0 Å². The molecular formula is C18H34N2O3Si. The molecule has 0 saturated carbocycles. The maximum atomic E-state index is 6.21. The highest BCUT2D eigenvalue weighted by Crippen LogP contribution is 2.21. The van der Waals surface area contributed by atoms with E-state index in [1.807, 2.05) is 26.8 Å². The molecule has 6 heteroatoms. The number of rotatable bonds is 14. The van der Waals surface area contributed by atoms with E-state index in [0.717, 1.165) is 32.0 Å². The van der Waals surface area contributed by atoms with Crippen molar-refractivity contribution in [1.82, 2.24) is 5.32 Å². The van der Waals surface area contributed by atoms with E-state index in [1.54, 1.807) is 0 Å². The summed E-state index contributed by atoms with van der Waals surface area (Å²) in [7, 11) is -2.62. The Balaban J connectivity index is 2.44. The van der Waals surface area contributed by atoms with Crippen molar-refractivity contribution in [3.8, 4) is 0 Å². The van der Waals surface area contributed by atoms with E-state index >= 15 is 0 Å². The molecule has 0 saturated heterocycles. The third-order valence-corrected chi connectivity index (χ3v) is 6.88. The lowest BCUT2D eigenvalue weighted by molar-refractivity contribution is 0.0360. The van der Waals surface area contributed by atoms with Gasteiger partial charge in [-0.05, 0) is 52.3 Å². The van der Waals surface area contributed by atoms with Crippen LogP contribution in [0, 0.1) is 0 Å². The first-order valence-corrected chi connectivity index (χ1v) is 11.0. The Morgan fingerprint density at radius 3 is 2.38 bits per heavy atom.